The first-order chi connectivity index (χ1) is 23.5. The van der Waals surface area contributed by atoms with E-state index in [0.717, 1.165) is 94.3 Å². The molecule has 14 rings (SSSR count). The smallest absolute Gasteiger partial charge is 0.376 e. The second-order valence-corrected chi connectivity index (χ2v) is 19.4. The van der Waals surface area contributed by atoms with Gasteiger partial charge in [0.25, 0.3) is 0 Å². The number of ether oxygens (including phenoxy) is 6. The van der Waals surface area contributed by atoms with Crippen LogP contribution in [0, 0.1) is 70.5 Å². The van der Waals surface area contributed by atoms with Crippen molar-refractivity contribution in [1.29, 1.82) is 0 Å². The molecule has 0 N–H and O–H groups in total. The van der Waals surface area contributed by atoms with E-state index in [-0.39, 0.29) is 17.8 Å². The molecule has 10 heteroatoms. The second-order valence-electron chi connectivity index (χ2n) is 19.4. The third kappa shape index (κ3) is 4.50. The van der Waals surface area contributed by atoms with Crippen molar-refractivity contribution in [2.75, 3.05) is 13.2 Å². The lowest BCUT2D eigenvalue weighted by molar-refractivity contribution is -0.310. The van der Waals surface area contributed by atoms with E-state index in [1.54, 1.807) is 0 Å². The third-order valence-electron chi connectivity index (χ3n) is 16.4. The lowest BCUT2D eigenvalue weighted by atomic mass is 9.48. The van der Waals surface area contributed by atoms with Gasteiger partial charge in [0.1, 0.15) is 18.3 Å². The molecule has 12 aliphatic carbocycles. The number of hydrogen-bond donors (Lipinski definition) is 0. The molecule has 4 atom stereocenters. The van der Waals surface area contributed by atoms with E-state index in [4.69, 9.17) is 28.4 Å². The number of carbonyl (C=O) groups excluding carboxylic acids is 2. The van der Waals surface area contributed by atoms with Gasteiger partial charge >= 0.3 is 17.9 Å². The van der Waals surface area contributed by atoms with Crippen molar-refractivity contribution in [3.8, 4) is 0 Å². The van der Waals surface area contributed by atoms with Crippen LogP contribution in [0.15, 0.2) is 0 Å². The Balaban J connectivity index is 0.870. The SMILES string of the molecule is CC(F)(F)C(=O)OC1C2CC3CC1CC(C(=O)OC(C1COC4(O1)C1CC5CC(C1)CC4C5)C1COC4(O1)C1CC5CC(C1)CC4C5)(C3)C2. The highest BCUT2D eigenvalue weighted by molar-refractivity contribution is 5.79. The Morgan fingerprint density at radius 3 is 1.53 bits per heavy atom. The van der Waals surface area contributed by atoms with Crippen molar-refractivity contribution in [2.45, 2.75) is 145 Å². The van der Waals surface area contributed by atoms with Crippen molar-refractivity contribution >= 4 is 11.9 Å². The normalized spacial score (nSPS) is 56.3. The molecule has 8 nitrogen and oxygen atoms in total. The van der Waals surface area contributed by atoms with Gasteiger partial charge in [0.15, 0.2) is 17.7 Å². The minimum Gasteiger partial charge on any atom is -0.457 e. The van der Waals surface area contributed by atoms with Crippen LogP contribution in [-0.4, -0.2) is 67.1 Å². The molecule has 4 unspecified atom stereocenters. The van der Waals surface area contributed by atoms with Crippen LogP contribution in [0.4, 0.5) is 8.78 Å². The quantitative estimate of drug-likeness (QED) is 0.296. The number of esters is 2. The van der Waals surface area contributed by atoms with Gasteiger partial charge in [-0.05, 0) is 138 Å². The zero-order valence-electron chi connectivity index (χ0n) is 28.7. The summed E-state index contributed by atoms with van der Waals surface area (Å²) in [5.74, 6) is -1.69. The Hall–Kier alpha value is -1.36. The Bertz CT molecular complexity index is 1280. The Morgan fingerprint density at radius 1 is 0.653 bits per heavy atom. The molecule has 14 fully saturated rings. The van der Waals surface area contributed by atoms with E-state index < -0.39 is 53.3 Å². The van der Waals surface area contributed by atoms with Crippen molar-refractivity contribution in [1.82, 2.24) is 0 Å². The lowest BCUT2D eigenvalue weighted by Gasteiger charge is -2.59. The molecule has 2 saturated heterocycles. The van der Waals surface area contributed by atoms with Crippen LogP contribution in [0.2, 0.25) is 0 Å². The van der Waals surface area contributed by atoms with Gasteiger partial charge in [0.05, 0.1) is 18.6 Å². The number of alkyl halides is 2. The predicted octanol–water partition coefficient (Wildman–Crippen LogP) is 6.43. The first-order valence-electron chi connectivity index (χ1n) is 19.9. The van der Waals surface area contributed by atoms with Crippen molar-refractivity contribution in [3.05, 3.63) is 0 Å². The van der Waals surface area contributed by atoms with Crippen molar-refractivity contribution < 1.29 is 46.8 Å². The topological polar surface area (TPSA) is 89.5 Å². The van der Waals surface area contributed by atoms with E-state index in [2.05, 4.69) is 0 Å². The standard InChI is InChI=1S/C39H52F2O8/c1-36(40,41)34(42)46-32-24-4-23-5-25(32)16-37(14-23,15-24)35(43)47-33(30-17-44-38(48-30)26-6-19-2-20(8-26)9-27(38)7-19)31-18-45-39(49-31)28-10-21-3-22(12-28)13-29(39)11-21/h19-33H,2-18H2,1H3. The van der Waals surface area contributed by atoms with Crippen LogP contribution < -0.4 is 0 Å². The summed E-state index contributed by atoms with van der Waals surface area (Å²) in [5, 5.41) is 0. The molecule has 0 aromatic carbocycles. The molecule has 14 aliphatic rings. The van der Waals surface area contributed by atoms with Crippen LogP contribution in [0.1, 0.15) is 103 Å². The molecule has 0 aromatic heterocycles. The predicted molar refractivity (Wildman–Crippen MR) is 168 cm³/mol. The summed E-state index contributed by atoms with van der Waals surface area (Å²) in [6, 6.07) is 0. The lowest BCUT2D eigenvalue weighted by Crippen LogP contribution is -2.60. The largest absolute Gasteiger partial charge is 0.457 e. The second kappa shape index (κ2) is 10.4. The first kappa shape index (κ1) is 31.2. The maximum atomic E-state index is 14.7. The molecule has 0 amide bonds. The maximum absolute atomic E-state index is 14.7. The van der Waals surface area contributed by atoms with Crippen LogP contribution in [0.5, 0.6) is 0 Å². The molecule has 49 heavy (non-hydrogen) atoms. The van der Waals surface area contributed by atoms with E-state index in [9.17, 15) is 18.4 Å². The minimum atomic E-state index is -3.53. The Labute approximate surface area is 287 Å². The highest BCUT2D eigenvalue weighted by atomic mass is 19.3. The zero-order valence-corrected chi connectivity index (χ0v) is 28.7. The summed E-state index contributed by atoms with van der Waals surface area (Å²) < 4.78 is 67.8. The summed E-state index contributed by atoms with van der Waals surface area (Å²) in [6.07, 6.45) is 13.2. The summed E-state index contributed by atoms with van der Waals surface area (Å²) in [7, 11) is 0. The molecule has 2 aliphatic heterocycles. The molecule has 0 aromatic rings. The van der Waals surface area contributed by atoms with Gasteiger partial charge in [-0.1, -0.05) is 0 Å². The fraction of sp³-hybridized carbons (Fsp3) is 0.949. The highest BCUT2D eigenvalue weighted by Crippen LogP contribution is 2.65. The van der Waals surface area contributed by atoms with Gasteiger partial charge in [0, 0.05) is 30.6 Å². The van der Waals surface area contributed by atoms with Gasteiger partial charge in [-0.2, -0.15) is 8.78 Å². The van der Waals surface area contributed by atoms with Gasteiger partial charge in [-0.3, -0.25) is 4.79 Å². The minimum absolute atomic E-state index is 0.117. The highest BCUT2D eigenvalue weighted by Gasteiger charge is 2.68. The Morgan fingerprint density at radius 2 is 1.10 bits per heavy atom. The fourth-order valence-electron chi connectivity index (χ4n) is 15.2. The van der Waals surface area contributed by atoms with Crippen LogP contribution in [0.3, 0.4) is 0 Å². The zero-order chi connectivity index (χ0) is 33.1. The van der Waals surface area contributed by atoms with Gasteiger partial charge in [-0.25, -0.2) is 4.79 Å². The van der Waals surface area contributed by atoms with Crippen molar-refractivity contribution in [3.63, 3.8) is 0 Å². The van der Waals surface area contributed by atoms with E-state index in [1.165, 1.54) is 12.8 Å². The molecule has 270 valence electrons. The molecule has 12 saturated carbocycles. The summed E-state index contributed by atoms with van der Waals surface area (Å²) in [5.41, 5.74) is -0.716. The van der Waals surface area contributed by atoms with Gasteiger partial charge in [0.2, 0.25) is 0 Å². The average molecular weight is 687 g/mol. The molecule has 2 spiro atoms. The van der Waals surface area contributed by atoms with E-state index in [0.29, 0.717) is 62.6 Å². The molecule has 12 bridgehead atoms. The van der Waals surface area contributed by atoms with E-state index in [1.807, 2.05) is 0 Å². The average Bonchev–Trinajstić information content (AvgIpc) is 3.69. The summed E-state index contributed by atoms with van der Waals surface area (Å²) >= 11 is 0. The van der Waals surface area contributed by atoms with Crippen LogP contribution in [-0.2, 0) is 38.0 Å². The maximum Gasteiger partial charge on any atom is 0.376 e. The van der Waals surface area contributed by atoms with Crippen LogP contribution >= 0.6 is 0 Å². The number of hydrogen-bond acceptors (Lipinski definition) is 8. The van der Waals surface area contributed by atoms with E-state index >= 15 is 0 Å². The number of rotatable bonds is 6. The monoisotopic (exact) mass is 686 g/mol. The van der Waals surface area contributed by atoms with Crippen LogP contribution in [0.25, 0.3) is 0 Å². The summed E-state index contributed by atoms with van der Waals surface area (Å²) in [6.45, 7) is 1.36. The molecule has 2 heterocycles. The number of halogens is 2. The first-order valence-corrected chi connectivity index (χ1v) is 19.9. The third-order valence-corrected chi connectivity index (χ3v) is 16.4. The fourth-order valence-corrected chi connectivity index (χ4v) is 15.2. The molecular formula is C39H52F2O8. The Kier molecular flexibility index (Phi) is 6.62. The van der Waals surface area contributed by atoms with Gasteiger partial charge < -0.3 is 28.4 Å². The number of carbonyl (C=O) groups is 2. The molecular weight excluding hydrogens is 634 g/mol. The van der Waals surface area contributed by atoms with Gasteiger partial charge in [-0.15, -0.1) is 0 Å². The van der Waals surface area contributed by atoms with Crippen molar-refractivity contribution in [2.24, 2.45) is 70.5 Å². The molecule has 0 radical (unpaired) electrons. The summed E-state index contributed by atoms with van der Waals surface area (Å²) in [4.78, 5) is 26.9.